The minimum absolute atomic E-state index is 0.714. The lowest BCUT2D eigenvalue weighted by Gasteiger charge is -2.14. The summed E-state index contributed by atoms with van der Waals surface area (Å²) in [5.41, 5.74) is 7.31. The Hall–Kier alpha value is -5.06. The lowest BCUT2D eigenvalue weighted by Crippen LogP contribution is -2.01. The Labute approximate surface area is 235 Å². The molecule has 188 valence electrons. The molecular formula is C36H23N3S. The summed E-state index contributed by atoms with van der Waals surface area (Å²) in [6.07, 6.45) is 0. The van der Waals surface area contributed by atoms with Crippen LogP contribution in [0.4, 0.5) is 0 Å². The molecule has 0 saturated carbocycles. The topological polar surface area (TPSA) is 30.7 Å². The second-order valence-electron chi connectivity index (χ2n) is 9.86. The van der Waals surface area contributed by atoms with E-state index in [1.165, 1.54) is 31.9 Å². The summed E-state index contributed by atoms with van der Waals surface area (Å²) < 4.78 is 3.60. The Bertz CT molecular complexity index is 2090. The molecule has 3 nitrogen and oxygen atoms in total. The molecule has 0 aliphatic heterocycles. The third-order valence-electron chi connectivity index (χ3n) is 7.44. The summed E-state index contributed by atoms with van der Waals surface area (Å²) in [5.74, 6) is 0.714. The van der Waals surface area contributed by atoms with E-state index in [1.54, 1.807) is 11.3 Å². The van der Waals surface area contributed by atoms with Crippen LogP contribution < -0.4 is 0 Å². The van der Waals surface area contributed by atoms with E-state index in [2.05, 4.69) is 138 Å². The van der Waals surface area contributed by atoms with Gasteiger partial charge in [-0.15, -0.1) is 11.3 Å². The van der Waals surface area contributed by atoms with Crippen LogP contribution in [0, 0.1) is 0 Å². The zero-order valence-corrected chi connectivity index (χ0v) is 22.3. The predicted molar refractivity (Wildman–Crippen MR) is 168 cm³/mol. The van der Waals surface area contributed by atoms with Gasteiger partial charge in [-0.2, -0.15) is 0 Å². The fourth-order valence-electron chi connectivity index (χ4n) is 5.60. The van der Waals surface area contributed by atoms with Crippen molar-refractivity contribution in [1.82, 2.24) is 14.5 Å². The first kappa shape index (κ1) is 22.9. The van der Waals surface area contributed by atoms with Gasteiger partial charge in [-0.25, -0.2) is 9.97 Å². The Balaban J connectivity index is 1.40. The van der Waals surface area contributed by atoms with E-state index >= 15 is 0 Å². The molecule has 8 aromatic rings. The van der Waals surface area contributed by atoms with Crippen molar-refractivity contribution in [3.8, 4) is 38.9 Å². The van der Waals surface area contributed by atoms with Crippen LogP contribution in [0.5, 0.6) is 0 Å². The highest BCUT2D eigenvalue weighted by Gasteiger charge is 2.18. The van der Waals surface area contributed by atoms with Crippen molar-refractivity contribution in [1.29, 1.82) is 0 Å². The molecule has 0 radical (unpaired) electrons. The van der Waals surface area contributed by atoms with Crippen molar-refractivity contribution in [2.75, 3.05) is 0 Å². The molecule has 0 N–H and O–H groups in total. The molecule has 40 heavy (non-hydrogen) atoms. The van der Waals surface area contributed by atoms with Crippen molar-refractivity contribution < 1.29 is 0 Å². The minimum Gasteiger partial charge on any atom is -0.309 e. The van der Waals surface area contributed by atoms with Crippen LogP contribution in [0.1, 0.15) is 0 Å². The first-order valence-electron chi connectivity index (χ1n) is 13.3. The molecule has 0 aliphatic rings. The Morgan fingerprint density at radius 3 is 1.93 bits per heavy atom. The molecule has 0 bridgehead atoms. The maximum atomic E-state index is 5.21. The number of benzene rings is 5. The summed E-state index contributed by atoms with van der Waals surface area (Å²) in [6, 6.07) is 48.9. The number of hydrogen-bond acceptors (Lipinski definition) is 3. The van der Waals surface area contributed by atoms with Crippen molar-refractivity contribution in [3.05, 3.63) is 140 Å². The quantitative estimate of drug-likeness (QED) is 0.227. The summed E-state index contributed by atoms with van der Waals surface area (Å²) in [7, 11) is 0. The lowest BCUT2D eigenvalue weighted by molar-refractivity contribution is 1.14. The number of hydrogen-bond donors (Lipinski definition) is 0. The number of para-hydroxylation sites is 3. The van der Waals surface area contributed by atoms with Gasteiger partial charge in [0.2, 0.25) is 0 Å². The number of nitrogens with zero attached hydrogens (tertiary/aromatic N) is 3. The van der Waals surface area contributed by atoms with Crippen LogP contribution in [0.15, 0.2) is 140 Å². The average Bonchev–Trinajstić information content (AvgIpc) is 3.61. The number of thiophene rings is 1. The standard InChI is InChI=1S/C36H23N3S/c1-2-12-24(13-3-1)29-23-30(35-22-25-14-4-11-21-34(25)40-35)38-36(37-29)28-17-7-10-20-33(28)39-31-18-8-5-15-26(31)27-16-6-9-19-32(27)39/h1-23H. The minimum atomic E-state index is 0.714. The fourth-order valence-corrected chi connectivity index (χ4v) is 6.62. The molecule has 0 spiro atoms. The molecule has 8 rings (SSSR count). The van der Waals surface area contributed by atoms with E-state index in [-0.39, 0.29) is 0 Å². The molecule has 0 saturated heterocycles. The molecule has 0 fully saturated rings. The van der Waals surface area contributed by atoms with Crippen LogP contribution in [0.25, 0.3) is 70.8 Å². The summed E-state index contributed by atoms with van der Waals surface area (Å²) in [4.78, 5) is 11.5. The van der Waals surface area contributed by atoms with Gasteiger partial charge in [-0.3, -0.25) is 0 Å². The first-order valence-corrected chi connectivity index (χ1v) is 14.2. The molecular weight excluding hydrogens is 506 g/mol. The summed E-state index contributed by atoms with van der Waals surface area (Å²) in [6.45, 7) is 0. The maximum Gasteiger partial charge on any atom is 0.162 e. The van der Waals surface area contributed by atoms with Crippen LogP contribution in [-0.4, -0.2) is 14.5 Å². The second-order valence-corrected chi connectivity index (χ2v) is 10.9. The van der Waals surface area contributed by atoms with E-state index in [1.807, 2.05) is 6.07 Å². The third kappa shape index (κ3) is 3.73. The molecule has 0 aliphatic carbocycles. The van der Waals surface area contributed by atoms with E-state index in [4.69, 9.17) is 9.97 Å². The van der Waals surface area contributed by atoms with Gasteiger partial charge in [-0.1, -0.05) is 97.1 Å². The third-order valence-corrected chi connectivity index (χ3v) is 8.58. The number of fused-ring (bicyclic) bond motifs is 4. The summed E-state index contributed by atoms with van der Waals surface area (Å²) >= 11 is 1.77. The molecule has 0 atom stereocenters. The van der Waals surface area contributed by atoms with Crippen molar-refractivity contribution >= 4 is 43.2 Å². The Morgan fingerprint density at radius 2 is 1.15 bits per heavy atom. The molecule has 0 amide bonds. The van der Waals surface area contributed by atoms with Gasteiger partial charge in [0.25, 0.3) is 0 Å². The van der Waals surface area contributed by atoms with E-state index in [0.29, 0.717) is 5.82 Å². The highest BCUT2D eigenvalue weighted by atomic mass is 32.1. The highest BCUT2D eigenvalue weighted by Crippen LogP contribution is 2.38. The van der Waals surface area contributed by atoms with E-state index < -0.39 is 0 Å². The largest absolute Gasteiger partial charge is 0.309 e. The SMILES string of the molecule is c1ccc(-c2cc(-c3cc4ccccc4s3)nc(-c3ccccc3-n3c4ccccc4c4ccccc43)n2)cc1. The fraction of sp³-hybridized carbons (Fsp3) is 0. The van der Waals surface area contributed by atoms with Crippen molar-refractivity contribution in [2.45, 2.75) is 0 Å². The molecule has 3 aromatic heterocycles. The van der Waals surface area contributed by atoms with Crippen LogP contribution in [0.2, 0.25) is 0 Å². The van der Waals surface area contributed by atoms with Gasteiger partial charge >= 0.3 is 0 Å². The second kappa shape index (κ2) is 9.30. The van der Waals surface area contributed by atoms with E-state index in [9.17, 15) is 0 Å². The Morgan fingerprint density at radius 1 is 0.525 bits per heavy atom. The average molecular weight is 530 g/mol. The Kier molecular flexibility index (Phi) is 5.32. The van der Waals surface area contributed by atoms with Crippen molar-refractivity contribution in [2.24, 2.45) is 0 Å². The molecule has 4 heteroatoms. The summed E-state index contributed by atoms with van der Waals surface area (Å²) in [5, 5.41) is 3.70. The zero-order valence-electron chi connectivity index (χ0n) is 21.5. The molecule has 3 heterocycles. The van der Waals surface area contributed by atoms with Crippen LogP contribution in [-0.2, 0) is 0 Å². The lowest BCUT2D eigenvalue weighted by atomic mass is 10.1. The smallest absolute Gasteiger partial charge is 0.162 e. The van der Waals surface area contributed by atoms with E-state index in [0.717, 1.165) is 33.1 Å². The van der Waals surface area contributed by atoms with Crippen LogP contribution in [0.3, 0.4) is 0 Å². The highest BCUT2D eigenvalue weighted by molar-refractivity contribution is 7.22. The van der Waals surface area contributed by atoms with Gasteiger partial charge in [0.1, 0.15) is 0 Å². The van der Waals surface area contributed by atoms with Crippen LogP contribution >= 0.6 is 11.3 Å². The number of aromatic nitrogens is 3. The maximum absolute atomic E-state index is 5.21. The molecule has 5 aromatic carbocycles. The van der Waals surface area contributed by atoms with Crippen molar-refractivity contribution in [3.63, 3.8) is 0 Å². The van der Waals surface area contributed by atoms with Gasteiger partial charge in [-0.05, 0) is 47.9 Å². The predicted octanol–water partition coefficient (Wildman–Crippen LogP) is 9.79. The van der Waals surface area contributed by atoms with Gasteiger partial charge in [0.15, 0.2) is 5.82 Å². The first-order chi connectivity index (χ1) is 19.8. The van der Waals surface area contributed by atoms with Gasteiger partial charge in [0.05, 0.1) is 33.0 Å². The normalized spacial score (nSPS) is 11.5. The van der Waals surface area contributed by atoms with Gasteiger partial charge < -0.3 is 4.57 Å². The zero-order chi connectivity index (χ0) is 26.5. The monoisotopic (exact) mass is 529 g/mol. The molecule has 0 unspecified atom stereocenters. The number of rotatable bonds is 4. The van der Waals surface area contributed by atoms with Gasteiger partial charge in [0, 0.05) is 26.6 Å².